The van der Waals surface area contributed by atoms with Gasteiger partial charge in [-0.25, -0.2) is 0 Å². The molecule has 0 aromatic heterocycles. The van der Waals surface area contributed by atoms with Crippen molar-refractivity contribution in [3.05, 3.63) is 137 Å². The monoisotopic (exact) mass is 446 g/mol. The number of carbonyl (C=O) groups is 1. The van der Waals surface area contributed by atoms with E-state index in [2.05, 4.69) is 30.3 Å². The molecule has 0 aliphatic carbocycles. The highest BCUT2D eigenvalue weighted by molar-refractivity contribution is 6.04. The van der Waals surface area contributed by atoms with Crippen LogP contribution in [0.4, 0.5) is 0 Å². The van der Waals surface area contributed by atoms with Crippen LogP contribution in [0.1, 0.15) is 44.1 Å². The second kappa shape index (κ2) is 9.40. The van der Waals surface area contributed by atoms with Gasteiger partial charge in [-0.05, 0) is 71.2 Å². The van der Waals surface area contributed by atoms with Gasteiger partial charge in [0.25, 0.3) is 0 Å². The first-order valence-corrected chi connectivity index (χ1v) is 11.4. The maximum absolute atomic E-state index is 14.1. The molecule has 5 rings (SSSR count). The zero-order chi connectivity index (χ0) is 23.5. The van der Waals surface area contributed by atoms with Crippen LogP contribution in [0.3, 0.4) is 0 Å². The average Bonchev–Trinajstić information content (AvgIpc) is 2.89. The van der Waals surface area contributed by atoms with Gasteiger partial charge in [-0.2, -0.15) is 0 Å². The van der Waals surface area contributed by atoms with E-state index < -0.39 is 5.92 Å². The summed E-state index contributed by atoms with van der Waals surface area (Å²) in [5.41, 5.74) is 6.81. The summed E-state index contributed by atoms with van der Waals surface area (Å²) < 4.78 is 11.4. The van der Waals surface area contributed by atoms with E-state index in [1.54, 1.807) is 7.11 Å². The minimum absolute atomic E-state index is 0.0413. The number of methoxy groups -OCH3 is 1. The first kappa shape index (κ1) is 21.7. The lowest BCUT2D eigenvalue weighted by atomic mass is 9.78. The molecule has 0 fully saturated rings. The number of ether oxygens (including phenoxy) is 2. The Kier molecular flexibility index (Phi) is 6.01. The van der Waals surface area contributed by atoms with Gasteiger partial charge in [0.1, 0.15) is 18.1 Å². The quantitative estimate of drug-likeness (QED) is 0.304. The van der Waals surface area contributed by atoms with Crippen molar-refractivity contribution in [1.29, 1.82) is 0 Å². The number of rotatable bonds is 6. The molecule has 0 spiro atoms. The van der Waals surface area contributed by atoms with Gasteiger partial charge in [-0.15, -0.1) is 0 Å². The van der Waals surface area contributed by atoms with Gasteiger partial charge in [-0.1, -0.05) is 66.7 Å². The second-order valence-corrected chi connectivity index (χ2v) is 8.46. The molecule has 1 atom stereocenters. The number of Topliss-reactive ketones (excluding diaryl/α,β-unsaturated/α-hetero) is 1. The summed E-state index contributed by atoms with van der Waals surface area (Å²) in [6.45, 7) is 2.55. The van der Waals surface area contributed by atoms with Gasteiger partial charge < -0.3 is 9.47 Å². The number of ketones is 1. The molecule has 0 N–H and O–H groups in total. The molecule has 0 bridgehead atoms. The molecule has 3 nitrogen and oxygen atoms in total. The smallest absolute Gasteiger partial charge is 0.174 e. The molecular formula is C31H26O3. The van der Waals surface area contributed by atoms with Crippen molar-refractivity contribution in [2.45, 2.75) is 12.8 Å². The maximum atomic E-state index is 14.1. The predicted octanol–water partition coefficient (Wildman–Crippen LogP) is 6.84. The lowest BCUT2D eigenvalue weighted by molar-refractivity contribution is 0.0973. The maximum Gasteiger partial charge on any atom is 0.174 e. The summed E-state index contributed by atoms with van der Waals surface area (Å²) >= 11 is 0. The normalized spacial score (nSPS) is 13.3. The Balaban J connectivity index is 1.72. The zero-order valence-corrected chi connectivity index (χ0v) is 19.3. The number of hydrogen-bond donors (Lipinski definition) is 0. The predicted molar refractivity (Wildman–Crippen MR) is 136 cm³/mol. The molecule has 0 saturated heterocycles. The Morgan fingerprint density at radius 1 is 0.882 bits per heavy atom. The van der Waals surface area contributed by atoms with E-state index in [0.29, 0.717) is 12.2 Å². The van der Waals surface area contributed by atoms with E-state index in [9.17, 15) is 4.79 Å². The Bertz CT molecular complexity index is 1340. The van der Waals surface area contributed by atoms with E-state index in [0.717, 1.165) is 44.9 Å². The van der Waals surface area contributed by atoms with Gasteiger partial charge in [-0.3, -0.25) is 4.79 Å². The van der Waals surface area contributed by atoms with E-state index >= 15 is 0 Å². The fraction of sp³-hybridized carbons (Fsp3) is 0.129. The van der Waals surface area contributed by atoms with Gasteiger partial charge in [0.05, 0.1) is 13.0 Å². The fourth-order valence-electron chi connectivity index (χ4n) is 4.65. The molecule has 1 unspecified atom stereocenters. The van der Waals surface area contributed by atoms with Gasteiger partial charge in [0, 0.05) is 11.1 Å². The molecule has 0 amide bonds. The number of carbonyl (C=O) groups excluding carboxylic acids is 1. The number of fused-ring (bicyclic) bond motifs is 1. The third-order valence-corrected chi connectivity index (χ3v) is 6.24. The van der Waals surface area contributed by atoms with Gasteiger partial charge in [0.2, 0.25) is 0 Å². The van der Waals surface area contributed by atoms with Crippen LogP contribution in [0.25, 0.3) is 5.57 Å². The highest BCUT2D eigenvalue weighted by Crippen LogP contribution is 2.43. The summed E-state index contributed by atoms with van der Waals surface area (Å²) in [6, 6.07) is 31.8. The second-order valence-electron chi connectivity index (χ2n) is 8.46. The number of benzene rings is 4. The minimum Gasteiger partial charge on any atom is -0.497 e. The molecule has 0 saturated carbocycles. The molecule has 34 heavy (non-hydrogen) atoms. The molecule has 1 aliphatic heterocycles. The average molecular weight is 447 g/mol. The first-order chi connectivity index (χ1) is 16.7. The van der Waals surface area contributed by atoms with E-state index in [4.69, 9.17) is 9.47 Å². The number of hydrogen-bond acceptors (Lipinski definition) is 3. The Morgan fingerprint density at radius 2 is 1.56 bits per heavy atom. The molecule has 3 heteroatoms. The standard InChI is InChI=1S/C31H26O3/c1-21-19-27(30-26(17-18-34-28(30)20-21)22-9-5-3-6-10-22)29(23-11-7-4-8-12-23)31(32)24-13-15-25(33-2)16-14-24/h3-17,19-20,29H,18H2,1-2H3. The molecule has 4 aromatic rings. The zero-order valence-electron chi connectivity index (χ0n) is 19.3. The molecular weight excluding hydrogens is 420 g/mol. The van der Waals surface area contributed by atoms with Crippen LogP contribution in [-0.2, 0) is 0 Å². The van der Waals surface area contributed by atoms with Crippen molar-refractivity contribution in [3.8, 4) is 11.5 Å². The Morgan fingerprint density at radius 3 is 2.24 bits per heavy atom. The topological polar surface area (TPSA) is 35.5 Å². The fourth-order valence-corrected chi connectivity index (χ4v) is 4.65. The van der Waals surface area contributed by atoms with Crippen LogP contribution < -0.4 is 9.47 Å². The molecule has 4 aromatic carbocycles. The minimum atomic E-state index is -0.475. The summed E-state index contributed by atoms with van der Waals surface area (Å²) in [5, 5.41) is 0. The lowest BCUT2D eigenvalue weighted by Crippen LogP contribution is -2.18. The first-order valence-electron chi connectivity index (χ1n) is 11.4. The molecule has 0 radical (unpaired) electrons. The van der Waals surface area contributed by atoms with E-state index in [1.807, 2.05) is 79.7 Å². The van der Waals surface area contributed by atoms with E-state index in [1.165, 1.54) is 0 Å². The summed E-state index contributed by atoms with van der Waals surface area (Å²) in [7, 11) is 1.63. The van der Waals surface area contributed by atoms with Crippen molar-refractivity contribution in [1.82, 2.24) is 0 Å². The largest absolute Gasteiger partial charge is 0.497 e. The van der Waals surface area contributed by atoms with Crippen LogP contribution >= 0.6 is 0 Å². The van der Waals surface area contributed by atoms with Crippen LogP contribution in [0.5, 0.6) is 11.5 Å². The van der Waals surface area contributed by atoms with Crippen molar-refractivity contribution < 1.29 is 14.3 Å². The summed E-state index contributed by atoms with van der Waals surface area (Å²) in [6.07, 6.45) is 2.11. The van der Waals surface area contributed by atoms with E-state index in [-0.39, 0.29) is 5.78 Å². The van der Waals surface area contributed by atoms with Crippen LogP contribution in [0.2, 0.25) is 0 Å². The van der Waals surface area contributed by atoms with Crippen LogP contribution in [0, 0.1) is 6.92 Å². The van der Waals surface area contributed by atoms with Crippen molar-refractivity contribution >= 4 is 11.4 Å². The summed E-state index contributed by atoms with van der Waals surface area (Å²) in [5.74, 6) is 1.11. The Labute approximate surface area is 200 Å². The summed E-state index contributed by atoms with van der Waals surface area (Å²) in [4.78, 5) is 14.1. The van der Waals surface area contributed by atoms with Crippen molar-refractivity contribution in [3.63, 3.8) is 0 Å². The van der Waals surface area contributed by atoms with Gasteiger partial charge >= 0.3 is 0 Å². The molecule has 1 aliphatic rings. The SMILES string of the molecule is COc1ccc(C(=O)C(c2ccccc2)c2cc(C)cc3c2C(c2ccccc2)=CCO3)cc1. The molecule has 168 valence electrons. The van der Waals surface area contributed by atoms with Crippen molar-refractivity contribution in [2.24, 2.45) is 0 Å². The Hall–Kier alpha value is -4.11. The van der Waals surface area contributed by atoms with Gasteiger partial charge in [0.15, 0.2) is 5.78 Å². The third-order valence-electron chi connectivity index (χ3n) is 6.24. The van der Waals surface area contributed by atoms with Crippen LogP contribution in [-0.4, -0.2) is 19.5 Å². The molecule has 1 heterocycles. The third kappa shape index (κ3) is 4.13. The highest BCUT2D eigenvalue weighted by Gasteiger charge is 2.30. The van der Waals surface area contributed by atoms with Crippen LogP contribution in [0.15, 0.2) is 103 Å². The van der Waals surface area contributed by atoms with Crippen molar-refractivity contribution in [2.75, 3.05) is 13.7 Å². The number of aryl methyl sites for hydroxylation is 1. The lowest BCUT2D eigenvalue weighted by Gasteiger charge is -2.27. The highest BCUT2D eigenvalue weighted by atomic mass is 16.5.